The molecule has 6 heteroatoms. The summed E-state index contributed by atoms with van der Waals surface area (Å²) >= 11 is 0. The number of hydrogen-bond donors (Lipinski definition) is 3. The molecule has 1 aromatic carbocycles. The van der Waals surface area contributed by atoms with Gasteiger partial charge in [0.1, 0.15) is 5.69 Å². The van der Waals surface area contributed by atoms with Gasteiger partial charge in [0.2, 0.25) is 0 Å². The van der Waals surface area contributed by atoms with E-state index in [-0.39, 0.29) is 5.91 Å². The van der Waals surface area contributed by atoms with E-state index < -0.39 is 0 Å². The van der Waals surface area contributed by atoms with Crippen LogP contribution in [0.15, 0.2) is 42.6 Å². The zero-order valence-electron chi connectivity index (χ0n) is 11.6. The van der Waals surface area contributed by atoms with Gasteiger partial charge in [0.15, 0.2) is 0 Å². The number of nitrogens with zero attached hydrogens (tertiary/aromatic N) is 2. The maximum absolute atomic E-state index is 12.1. The number of carbonyl (C=O) groups excluding carboxylic acids is 1. The van der Waals surface area contributed by atoms with Crippen LogP contribution in [0.1, 0.15) is 21.7 Å². The quantitative estimate of drug-likeness (QED) is 0.684. The van der Waals surface area contributed by atoms with E-state index >= 15 is 0 Å². The Hall–Kier alpha value is -2.89. The second-order valence-electron chi connectivity index (χ2n) is 4.74. The highest BCUT2D eigenvalue weighted by Gasteiger charge is 2.11. The van der Waals surface area contributed by atoms with E-state index in [0.717, 1.165) is 22.5 Å². The lowest BCUT2D eigenvalue weighted by Gasteiger charge is -2.01. The minimum Gasteiger partial charge on any atom is -0.347 e. The molecule has 0 aliphatic rings. The van der Waals surface area contributed by atoms with Gasteiger partial charge in [-0.2, -0.15) is 10.2 Å². The summed E-state index contributed by atoms with van der Waals surface area (Å²) in [6.07, 6.45) is 1.71. The molecule has 3 aromatic rings. The fourth-order valence-electron chi connectivity index (χ4n) is 2.02. The molecule has 6 nitrogen and oxygen atoms in total. The number of amides is 1. The van der Waals surface area contributed by atoms with E-state index in [2.05, 4.69) is 25.7 Å². The number of rotatable bonds is 4. The Morgan fingerprint density at radius 2 is 2.05 bits per heavy atom. The molecule has 2 aromatic heterocycles. The third-order valence-electron chi connectivity index (χ3n) is 3.27. The fraction of sp³-hybridized carbons (Fsp3) is 0.133. The molecule has 1 amide bonds. The van der Waals surface area contributed by atoms with Crippen LogP contribution in [-0.2, 0) is 6.54 Å². The zero-order chi connectivity index (χ0) is 14.7. The summed E-state index contributed by atoms with van der Waals surface area (Å²) < 4.78 is 0. The number of carbonyl (C=O) groups is 1. The smallest absolute Gasteiger partial charge is 0.269 e. The Kier molecular flexibility index (Phi) is 3.51. The molecule has 0 atom stereocenters. The number of aromatic nitrogens is 4. The van der Waals surface area contributed by atoms with Crippen LogP contribution in [0.4, 0.5) is 0 Å². The minimum absolute atomic E-state index is 0.190. The molecule has 3 N–H and O–H groups in total. The number of benzene rings is 1. The van der Waals surface area contributed by atoms with Crippen LogP contribution in [0.25, 0.3) is 11.3 Å². The number of aryl methyl sites for hydroxylation is 1. The average Bonchev–Trinajstić information content (AvgIpc) is 3.15. The molecule has 21 heavy (non-hydrogen) atoms. The average molecular weight is 281 g/mol. The van der Waals surface area contributed by atoms with E-state index in [1.54, 1.807) is 12.3 Å². The molecular formula is C15H15N5O. The first-order valence-corrected chi connectivity index (χ1v) is 6.62. The predicted molar refractivity (Wildman–Crippen MR) is 78.5 cm³/mol. The molecule has 0 unspecified atom stereocenters. The van der Waals surface area contributed by atoms with Crippen molar-refractivity contribution < 1.29 is 4.79 Å². The molecule has 3 rings (SSSR count). The molecule has 0 spiro atoms. The first kappa shape index (κ1) is 13.1. The Morgan fingerprint density at radius 1 is 1.24 bits per heavy atom. The molecule has 0 bridgehead atoms. The number of nitrogens with one attached hydrogen (secondary N) is 3. The van der Waals surface area contributed by atoms with Gasteiger partial charge in [-0.05, 0) is 13.0 Å². The van der Waals surface area contributed by atoms with E-state index in [9.17, 15) is 4.79 Å². The number of H-pyrrole nitrogens is 2. The van der Waals surface area contributed by atoms with Crippen LogP contribution < -0.4 is 5.32 Å². The van der Waals surface area contributed by atoms with Gasteiger partial charge < -0.3 is 5.32 Å². The lowest BCUT2D eigenvalue weighted by molar-refractivity contribution is 0.0946. The van der Waals surface area contributed by atoms with Crippen molar-refractivity contribution in [3.8, 4) is 11.3 Å². The van der Waals surface area contributed by atoms with Crippen molar-refractivity contribution in [3.05, 3.63) is 59.5 Å². The standard InChI is InChI=1S/C15H15N5O/c1-10-12(9-17-18-10)8-16-15(21)14-7-13(19-20-14)11-5-3-2-4-6-11/h2-7,9H,8H2,1H3,(H,16,21)(H,17,18)(H,19,20). The van der Waals surface area contributed by atoms with Crippen LogP contribution in [0.2, 0.25) is 0 Å². The summed E-state index contributed by atoms with van der Waals surface area (Å²) in [5.74, 6) is -0.190. The van der Waals surface area contributed by atoms with Crippen molar-refractivity contribution in [3.63, 3.8) is 0 Å². The van der Waals surface area contributed by atoms with Gasteiger partial charge in [-0.25, -0.2) is 0 Å². The molecule has 0 aliphatic carbocycles. The summed E-state index contributed by atoms with van der Waals surface area (Å²) in [5.41, 5.74) is 4.07. The summed E-state index contributed by atoms with van der Waals surface area (Å²) in [5, 5.41) is 16.5. The van der Waals surface area contributed by atoms with Crippen molar-refractivity contribution in [2.75, 3.05) is 0 Å². The van der Waals surface area contributed by atoms with E-state index in [4.69, 9.17) is 0 Å². The number of aromatic amines is 2. The molecule has 0 saturated carbocycles. The highest BCUT2D eigenvalue weighted by molar-refractivity contribution is 5.93. The molecular weight excluding hydrogens is 266 g/mol. The first-order chi connectivity index (χ1) is 10.2. The molecule has 0 aliphatic heterocycles. The van der Waals surface area contributed by atoms with E-state index in [0.29, 0.717) is 12.2 Å². The van der Waals surface area contributed by atoms with Gasteiger partial charge in [-0.3, -0.25) is 15.0 Å². The SMILES string of the molecule is Cc1[nH]ncc1CNC(=O)c1cc(-c2ccccc2)n[nH]1. The topological polar surface area (TPSA) is 86.5 Å². The second-order valence-corrected chi connectivity index (χ2v) is 4.74. The van der Waals surface area contributed by atoms with Crippen LogP contribution in [0.3, 0.4) is 0 Å². The van der Waals surface area contributed by atoms with Gasteiger partial charge in [0.05, 0.1) is 11.9 Å². The van der Waals surface area contributed by atoms with Crippen molar-refractivity contribution in [1.29, 1.82) is 0 Å². The third-order valence-corrected chi connectivity index (χ3v) is 3.27. The van der Waals surface area contributed by atoms with Crippen molar-refractivity contribution in [2.24, 2.45) is 0 Å². The largest absolute Gasteiger partial charge is 0.347 e. The van der Waals surface area contributed by atoms with Crippen molar-refractivity contribution >= 4 is 5.91 Å². The molecule has 0 fully saturated rings. The van der Waals surface area contributed by atoms with E-state index in [1.165, 1.54) is 0 Å². The summed E-state index contributed by atoms with van der Waals surface area (Å²) in [6, 6.07) is 11.5. The van der Waals surface area contributed by atoms with Gasteiger partial charge in [-0.15, -0.1) is 0 Å². The van der Waals surface area contributed by atoms with Crippen molar-refractivity contribution in [1.82, 2.24) is 25.7 Å². The van der Waals surface area contributed by atoms with Crippen LogP contribution >= 0.6 is 0 Å². The zero-order valence-corrected chi connectivity index (χ0v) is 11.6. The summed E-state index contributed by atoms with van der Waals surface area (Å²) in [7, 11) is 0. The molecule has 0 radical (unpaired) electrons. The predicted octanol–water partition coefficient (Wildman–Crippen LogP) is 2.04. The van der Waals surface area contributed by atoms with Gasteiger partial charge in [0.25, 0.3) is 5.91 Å². The molecule has 0 saturated heterocycles. The maximum Gasteiger partial charge on any atom is 0.269 e. The van der Waals surface area contributed by atoms with Crippen LogP contribution in [0, 0.1) is 6.92 Å². The summed E-state index contributed by atoms with van der Waals surface area (Å²) in [4.78, 5) is 12.1. The second kappa shape index (κ2) is 5.62. The van der Waals surface area contributed by atoms with Crippen molar-refractivity contribution in [2.45, 2.75) is 13.5 Å². The van der Waals surface area contributed by atoms with Gasteiger partial charge in [-0.1, -0.05) is 30.3 Å². The lowest BCUT2D eigenvalue weighted by atomic mass is 10.1. The monoisotopic (exact) mass is 281 g/mol. The minimum atomic E-state index is -0.190. The highest BCUT2D eigenvalue weighted by Crippen LogP contribution is 2.16. The van der Waals surface area contributed by atoms with E-state index in [1.807, 2.05) is 37.3 Å². The Bertz CT molecular complexity index is 744. The molecule has 2 heterocycles. The number of hydrogen-bond acceptors (Lipinski definition) is 3. The van der Waals surface area contributed by atoms with Crippen LogP contribution in [-0.4, -0.2) is 26.3 Å². The molecule has 106 valence electrons. The Labute approximate surface area is 121 Å². The first-order valence-electron chi connectivity index (χ1n) is 6.62. The van der Waals surface area contributed by atoms with Gasteiger partial charge in [0, 0.05) is 23.4 Å². The third kappa shape index (κ3) is 2.84. The lowest BCUT2D eigenvalue weighted by Crippen LogP contribution is -2.23. The van der Waals surface area contributed by atoms with Gasteiger partial charge >= 0.3 is 0 Å². The highest BCUT2D eigenvalue weighted by atomic mass is 16.1. The Morgan fingerprint density at radius 3 is 2.76 bits per heavy atom. The maximum atomic E-state index is 12.1. The Balaban J connectivity index is 1.69. The normalized spacial score (nSPS) is 10.5. The fourth-order valence-corrected chi connectivity index (χ4v) is 2.02. The summed E-state index contributed by atoms with van der Waals surface area (Å²) in [6.45, 7) is 2.35. The van der Waals surface area contributed by atoms with Crippen LogP contribution in [0.5, 0.6) is 0 Å².